The lowest BCUT2D eigenvalue weighted by Crippen LogP contribution is -2.50. The van der Waals surface area contributed by atoms with Crippen molar-refractivity contribution in [3.05, 3.63) is 0 Å². The SMILES string of the molecule is C[C@@H]1CCO[C@@H]1C(=O)N(CC(F)(F)F)[C@@H](C)C1CC1. The standard InChI is InChI=1S/C13H20F3NO2/c1-8-5-6-19-11(8)12(18)17(7-13(14,15)16)9(2)10-3-4-10/h8-11H,3-7H2,1-2H3/t8-,9+,11+/m1/s1. The van der Waals surface area contributed by atoms with Gasteiger partial charge in [-0.25, -0.2) is 0 Å². The molecule has 0 bridgehead atoms. The zero-order valence-electron chi connectivity index (χ0n) is 11.2. The molecule has 1 aliphatic carbocycles. The molecule has 1 saturated carbocycles. The predicted octanol–water partition coefficient (Wildman–Crippen LogP) is 2.60. The van der Waals surface area contributed by atoms with Gasteiger partial charge in [-0.1, -0.05) is 6.92 Å². The second kappa shape index (κ2) is 5.31. The first-order valence-corrected chi connectivity index (χ1v) is 6.78. The van der Waals surface area contributed by atoms with Crippen LogP contribution in [0.25, 0.3) is 0 Å². The predicted molar refractivity (Wildman–Crippen MR) is 63.5 cm³/mol. The van der Waals surface area contributed by atoms with Crippen LogP contribution in [0.15, 0.2) is 0 Å². The second-order valence-electron chi connectivity index (χ2n) is 5.72. The van der Waals surface area contributed by atoms with Crippen molar-refractivity contribution in [2.45, 2.75) is 51.4 Å². The number of carbonyl (C=O) groups is 1. The van der Waals surface area contributed by atoms with Gasteiger partial charge in [0.05, 0.1) is 0 Å². The van der Waals surface area contributed by atoms with Crippen molar-refractivity contribution in [2.75, 3.05) is 13.2 Å². The monoisotopic (exact) mass is 279 g/mol. The van der Waals surface area contributed by atoms with Gasteiger partial charge in [-0.3, -0.25) is 4.79 Å². The molecule has 19 heavy (non-hydrogen) atoms. The van der Waals surface area contributed by atoms with Crippen molar-refractivity contribution in [3.63, 3.8) is 0 Å². The first-order valence-electron chi connectivity index (χ1n) is 6.78. The van der Waals surface area contributed by atoms with Gasteiger partial charge < -0.3 is 9.64 Å². The molecule has 0 unspecified atom stereocenters. The summed E-state index contributed by atoms with van der Waals surface area (Å²) >= 11 is 0. The molecular weight excluding hydrogens is 259 g/mol. The molecular formula is C13H20F3NO2. The Balaban J connectivity index is 2.09. The van der Waals surface area contributed by atoms with Crippen molar-refractivity contribution < 1.29 is 22.7 Å². The number of ether oxygens (including phenoxy) is 1. The topological polar surface area (TPSA) is 29.5 Å². The van der Waals surface area contributed by atoms with Crippen molar-refractivity contribution in [3.8, 4) is 0 Å². The maximum absolute atomic E-state index is 12.7. The summed E-state index contributed by atoms with van der Waals surface area (Å²) in [7, 11) is 0. The summed E-state index contributed by atoms with van der Waals surface area (Å²) in [6.07, 6.45) is -2.52. The van der Waals surface area contributed by atoms with E-state index in [-0.39, 0.29) is 17.9 Å². The van der Waals surface area contributed by atoms with Gasteiger partial charge in [-0.2, -0.15) is 13.2 Å². The first kappa shape index (κ1) is 14.6. The Morgan fingerprint density at radius 2 is 2.00 bits per heavy atom. The minimum atomic E-state index is -4.36. The Bertz CT molecular complexity index is 341. The van der Waals surface area contributed by atoms with Crippen LogP contribution in [-0.2, 0) is 9.53 Å². The quantitative estimate of drug-likeness (QED) is 0.791. The normalized spacial score (nSPS) is 29.3. The molecule has 0 aromatic heterocycles. The fourth-order valence-corrected chi connectivity index (χ4v) is 2.62. The van der Waals surface area contributed by atoms with E-state index in [1.807, 2.05) is 6.92 Å². The third kappa shape index (κ3) is 3.61. The maximum Gasteiger partial charge on any atom is 0.406 e. The molecule has 6 heteroatoms. The van der Waals surface area contributed by atoms with Gasteiger partial charge in [0, 0.05) is 12.6 Å². The van der Waals surface area contributed by atoms with Crippen LogP contribution in [0, 0.1) is 11.8 Å². The van der Waals surface area contributed by atoms with E-state index in [0.29, 0.717) is 6.61 Å². The second-order valence-corrected chi connectivity index (χ2v) is 5.72. The molecule has 3 atom stereocenters. The molecule has 2 aliphatic rings. The van der Waals surface area contributed by atoms with Crippen LogP contribution in [0.1, 0.15) is 33.1 Å². The highest BCUT2D eigenvalue weighted by molar-refractivity contribution is 5.82. The van der Waals surface area contributed by atoms with Gasteiger partial charge in [0.2, 0.25) is 0 Å². The number of hydrogen-bond donors (Lipinski definition) is 0. The van der Waals surface area contributed by atoms with Gasteiger partial charge >= 0.3 is 6.18 Å². The van der Waals surface area contributed by atoms with E-state index < -0.39 is 24.7 Å². The number of halogens is 3. The lowest BCUT2D eigenvalue weighted by molar-refractivity contribution is -0.172. The van der Waals surface area contributed by atoms with Crippen LogP contribution in [-0.4, -0.2) is 42.3 Å². The van der Waals surface area contributed by atoms with Gasteiger partial charge in [0.15, 0.2) is 0 Å². The number of hydrogen-bond acceptors (Lipinski definition) is 2. The number of amides is 1. The summed E-state index contributed by atoms with van der Waals surface area (Å²) < 4.78 is 43.3. The highest BCUT2D eigenvalue weighted by Gasteiger charge is 2.44. The number of rotatable bonds is 4. The molecule has 1 heterocycles. The summed E-state index contributed by atoms with van der Waals surface area (Å²) in [5.41, 5.74) is 0. The highest BCUT2D eigenvalue weighted by Crippen LogP contribution is 2.37. The lowest BCUT2D eigenvalue weighted by Gasteiger charge is -2.33. The molecule has 0 spiro atoms. The molecule has 110 valence electrons. The van der Waals surface area contributed by atoms with Crippen LogP contribution in [0.3, 0.4) is 0 Å². The zero-order valence-corrected chi connectivity index (χ0v) is 11.2. The van der Waals surface area contributed by atoms with E-state index >= 15 is 0 Å². The van der Waals surface area contributed by atoms with E-state index in [1.54, 1.807) is 6.92 Å². The lowest BCUT2D eigenvalue weighted by atomic mass is 10.0. The Morgan fingerprint density at radius 1 is 1.37 bits per heavy atom. The molecule has 0 N–H and O–H groups in total. The molecule has 3 nitrogen and oxygen atoms in total. The van der Waals surface area contributed by atoms with Crippen molar-refractivity contribution in [1.82, 2.24) is 4.90 Å². The summed E-state index contributed by atoms with van der Waals surface area (Å²) in [5.74, 6) is -0.292. The minimum absolute atomic E-state index is 0.00497. The molecule has 1 saturated heterocycles. The van der Waals surface area contributed by atoms with Gasteiger partial charge in [-0.15, -0.1) is 0 Å². The van der Waals surface area contributed by atoms with Crippen molar-refractivity contribution in [2.24, 2.45) is 11.8 Å². The minimum Gasteiger partial charge on any atom is -0.368 e. The Labute approximate surface area is 111 Å². The van der Waals surface area contributed by atoms with Crippen molar-refractivity contribution >= 4 is 5.91 Å². The molecule has 0 aromatic carbocycles. The molecule has 0 aromatic rings. The summed E-state index contributed by atoms with van der Waals surface area (Å²) in [4.78, 5) is 13.3. The van der Waals surface area contributed by atoms with E-state index in [4.69, 9.17) is 4.74 Å². The third-order valence-corrected chi connectivity index (χ3v) is 4.06. The maximum atomic E-state index is 12.7. The molecule has 1 aliphatic heterocycles. The Hall–Kier alpha value is -0.780. The smallest absolute Gasteiger partial charge is 0.368 e. The van der Waals surface area contributed by atoms with Gasteiger partial charge in [-0.05, 0) is 38.0 Å². The first-order chi connectivity index (χ1) is 8.79. The summed E-state index contributed by atoms with van der Waals surface area (Å²) in [6.45, 7) is 2.84. The fraction of sp³-hybridized carbons (Fsp3) is 0.923. The highest BCUT2D eigenvalue weighted by atomic mass is 19.4. The van der Waals surface area contributed by atoms with Crippen LogP contribution in [0.5, 0.6) is 0 Å². The molecule has 2 rings (SSSR count). The van der Waals surface area contributed by atoms with Crippen LogP contribution < -0.4 is 0 Å². The third-order valence-electron chi connectivity index (χ3n) is 4.06. The van der Waals surface area contributed by atoms with Crippen LogP contribution in [0.4, 0.5) is 13.2 Å². The fourth-order valence-electron chi connectivity index (χ4n) is 2.62. The molecule has 1 amide bonds. The zero-order chi connectivity index (χ0) is 14.2. The largest absolute Gasteiger partial charge is 0.406 e. The summed E-state index contributed by atoms with van der Waals surface area (Å²) in [6, 6.07) is -0.356. The molecule has 0 radical (unpaired) electrons. The molecule has 2 fully saturated rings. The van der Waals surface area contributed by atoms with E-state index in [2.05, 4.69) is 0 Å². The number of carbonyl (C=O) groups excluding carboxylic acids is 1. The van der Waals surface area contributed by atoms with Crippen molar-refractivity contribution in [1.29, 1.82) is 0 Å². The van der Waals surface area contributed by atoms with Crippen LogP contribution >= 0.6 is 0 Å². The van der Waals surface area contributed by atoms with Gasteiger partial charge in [0.1, 0.15) is 12.6 Å². The number of alkyl halides is 3. The average molecular weight is 279 g/mol. The van der Waals surface area contributed by atoms with E-state index in [0.717, 1.165) is 24.2 Å². The van der Waals surface area contributed by atoms with Gasteiger partial charge in [0.25, 0.3) is 5.91 Å². The van der Waals surface area contributed by atoms with E-state index in [9.17, 15) is 18.0 Å². The summed E-state index contributed by atoms with van der Waals surface area (Å²) in [5, 5.41) is 0. The van der Waals surface area contributed by atoms with E-state index in [1.165, 1.54) is 0 Å². The number of nitrogens with zero attached hydrogens (tertiary/aromatic N) is 1. The average Bonchev–Trinajstić information content (AvgIpc) is 3.06. The Morgan fingerprint density at radius 3 is 2.42 bits per heavy atom. The Kier molecular flexibility index (Phi) is 4.08. The van der Waals surface area contributed by atoms with Crippen LogP contribution in [0.2, 0.25) is 0 Å².